The lowest BCUT2D eigenvalue weighted by Crippen LogP contribution is -2.41. The van der Waals surface area contributed by atoms with E-state index in [0.717, 1.165) is 19.4 Å². The fourth-order valence-corrected chi connectivity index (χ4v) is 5.25. The number of rotatable bonds is 4. The fraction of sp³-hybridized carbons (Fsp3) is 0.348. The van der Waals surface area contributed by atoms with Crippen LogP contribution in [-0.2, 0) is 4.79 Å². The molecule has 1 aliphatic rings. The maximum absolute atomic E-state index is 11.7. The summed E-state index contributed by atoms with van der Waals surface area (Å²) < 4.78 is 1.29. The standard InChI is InChI=1S/C23H25NO2S/c1-15-9-10-16(2)19(12-15)22(24-11-5-6-17(13-24)23(25)26)20-14-27-21-8-4-3-7-18(20)21/h3-4,7-10,12,14,17,22H,5-6,11,13H2,1-2H3,(H,25,26). The second-order valence-electron chi connectivity index (χ2n) is 7.62. The van der Waals surface area contributed by atoms with Crippen molar-refractivity contribution in [1.82, 2.24) is 4.90 Å². The van der Waals surface area contributed by atoms with E-state index in [2.05, 4.69) is 66.6 Å². The normalized spacial score (nSPS) is 19.3. The number of thiophene rings is 1. The van der Waals surface area contributed by atoms with Gasteiger partial charge in [0.15, 0.2) is 0 Å². The number of likely N-dealkylation sites (tertiary alicyclic amines) is 1. The van der Waals surface area contributed by atoms with Crippen LogP contribution in [0.3, 0.4) is 0 Å². The summed E-state index contributed by atoms with van der Waals surface area (Å²) in [5.74, 6) is -0.953. The molecule has 4 heteroatoms. The molecule has 0 spiro atoms. The van der Waals surface area contributed by atoms with Crippen molar-refractivity contribution in [3.05, 3.63) is 70.1 Å². The van der Waals surface area contributed by atoms with E-state index >= 15 is 0 Å². The molecule has 1 aliphatic heterocycles. The van der Waals surface area contributed by atoms with Gasteiger partial charge in [-0.2, -0.15) is 0 Å². The first kappa shape index (κ1) is 18.2. The van der Waals surface area contributed by atoms with Crippen molar-refractivity contribution < 1.29 is 9.90 Å². The minimum Gasteiger partial charge on any atom is -0.481 e. The molecule has 1 aromatic heterocycles. The fourth-order valence-electron chi connectivity index (χ4n) is 4.27. The molecule has 0 saturated carbocycles. The molecule has 0 aliphatic carbocycles. The van der Waals surface area contributed by atoms with E-state index in [4.69, 9.17) is 0 Å². The molecule has 0 bridgehead atoms. The van der Waals surface area contributed by atoms with Gasteiger partial charge in [0.25, 0.3) is 0 Å². The number of piperidine rings is 1. The number of aryl methyl sites for hydroxylation is 2. The Hall–Kier alpha value is -2.17. The maximum atomic E-state index is 11.7. The van der Waals surface area contributed by atoms with Gasteiger partial charge in [-0.1, -0.05) is 42.0 Å². The smallest absolute Gasteiger partial charge is 0.307 e. The van der Waals surface area contributed by atoms with Gasteiger partial charge >= 0.3 is 5.97 Å². The molecule has 140 valence electrons. The minimum atomic E-state index is -0.672. The molecule has 4 rings (SSSR count). The molecule has 1 fully saturated rings. The lowest BCUT2D eigenvalue weighted by atomic mass is 9.89. The lowest BCUT2D eigenvalue weighted by Gasteiger charge is -2.38. The highest BCUT2D eigenvalue weighted by Crippen LogP contribution is 2.40. The largest absolute Gasteiger partial charge is 0.481 e. The van der Waals surface area contributed by atoms with Crippen LogP contribution in [0, 0.1) is 19.8 Å². The van der Waals surface area contributed by atoms with Crippen LogP contribution in [-0.4, -0.2) is 29.1 Å². The van der Waals surface area contributed by atoms with E-state index in [-0.39, 0.29) is 12.0 Å². The Labute approximate surface area is 164 Å². The van der Waals surface area contributed by atoms with Gasteiger partial charge in [-0.3, -0.25) is 9.69 Å². The Kier molecular flexibility index (Phi) is 5.02. The molecular weight excluding hydrogens is 354 g/mol. The van der Waals surface area contributed by atoms with Crippen LogP contribution in [0.5, 0.6) is 0 Å². The van der Waals surface area contributed by atoms with E-state index in [1.807, 2.05) is 0 Å². The third-order valence-electron chi connectivity index (χ3n) is 5.70. The maximum Gasteiger partial charge on any atom is 0.307 e. The summed E-state index contributed by atoms with van der Waals surface area (Å²) in [4.78, 5) is 14.0. The number of hydrogen-bond acceptors (Lipinski definition) is 3. The molecule has 1 saturated heterocycles. The number of hydrogen-bond donors (Lipinski definition) is 1. The van der Waals surface area contributed by atoms with Crippen molar-refractivity contribution >= 4 is 27.4 Å². The zero-order valence-electron chi connectivity index (χ0n) is 15.8. The molecule has 3 aromatic rings. The van der Waals surface area contributed by atoms with E-state index in [9.17, 15) is 9.90 Å². The second-order valence-corrected chi connectivity index (χ2v) is 8.53. The molecule has 0 amide bonds. The van der Waals surface area contributed by atoms with Crippen molar-refractivity contribution in [2.45, 2.75) is 32.7 Å². The molecule has 0 radical (unpaired) electrons. The van der Waals surface area contributed by atoms with Crippen LogP contribution < -0.4 is 0 Å². The summed E-state index contributed by atoms with van der Waals surface area (Å²) in [5, 5.41) is 13.1. The summed E-state index contributed by atoms with van der Waals surface area (Å²) in [6.07, 6.45) is 1.70. The monoisotopic (exact) mass is 379 g/mol. The second kappa shape index (κ2) is 7.45. The Morgan fingerprint density at radius 2 is 2.00 bits per heavy atom. The molecular formula is C23H25NO2S. The van der Waals surface area contributed by atoms with Gasteiger partial charge in [-0.25, -0.2) is 0 Å². The third kappa shape index (κ3) is 3.52. The van der Waals surface area contributed by atoms with Crippen molar-refractivity contribution in [2.24, 2.45) is 5.92 Å². The zero-order valence-corrected chi connectivity index (χ0v) is 16.6. The van der Waals surface area contributed by atoms with Crippen LogP contribution in [0.4, 0.5) is 0 Å². The summed E-state index contributed by atoms with van der Waals surface area (Å²) in [7, 11) is 0. The first-order valence-electron chi connectivity index (χ1n) is 9.54. The van der Waals surface area contributed by atoms with E-state index < -0.39 is 5.97 Å². The average molecular weight is 380 g/mol. The van der Waals surface area contributed by atoms with Gasteiger partial charge in [-0.05, 0) is 66.8 Å². The van der Waals surface area contributed by atoms with Crippen LogP contribution in [0.15, 0.2) is 47.8 Å². The van der Waals surface area contributed by atoms with Crippen molar-refractivity contribution in [3.8, 4) is 0 Å². The lowest BCUT2D eigenvalue weighted by molar-refractivity contribution is -0.143. The summed E-state index contributed by atoms with van der Waals surface area (Å²) >= 11 is 1.78. The van der Waals surface area contributed by atoms with E-state index in [0.29, 0.717) is 6.54 Å². The predicted octanol–water partition coefficient (Wildman–Crippen LogP) is 5.40. The third-order valence-corrected chi connectivity index (χ3v) is 6.68. The number of aliphatic carboxylic acids is 1. The minimum absolute atomic E-state index is 0.100. The Morgan fingerprint density at radius 1 is 1.19 bits per heavy atom. The van der Waals surface area contributed by atoms with Crippen LogP contribution in [0.25, 0.3) is 10.1 Å². The summed E-state index contributed by atoms with van der Waals surface area (Å²) in [6.45, 7) is 5.83. The van der Waals surface area contributed by atoms with Gasteiger partial charge in [0.05, 0.1) is 12.0 Å². The number of carbonyl (C=O) groups is 1. The molecule has 2 unspecified atom stereocenters. The molecule has 2 aromatic carbocycles. The number of carboxylic acids is 1. The molecule has 3 nitrogen and oxygen atoms in total. The predicted molar refractivity (Wildman–Crippen MR) is 112 cm³/mol. The number of nitrogens with zero attached hydrogens (tertiary/aromatic N) is 1. The van der Waals surface area contributed by atoms with Gasteiger partial charge in [0, 0.05) is 11.2 Å². The van der Waals surface area contributed by atoms with Gasteiger partial charge in [0.2, 0.25) is 0 Å². The highest BCUT2D eigenvalue weighted by Gasteiger charge is 2.33. The Bertz CT molecular complexity index is 977. The summed E-state index contributed by atoms with van der Waals surface area (Å²) in [5.41, 5.74) is 5.10. The average Bonchev–Trinajstić information content (AvgIpc) is 3.09. The van der Waals surface area contributed by atoms with Crippen LogP contribution >= 0.6 is 11.3 Å². The molecule has 27 heavy (non-hydrogen) atoms. The first-order chi connectivity index (χ1) is 13.0. The van der Waals surface area contributed by atoms with Crippen molar-refractivity contribution in [3.63, 3.8) is 0 Å². The Balaban J connectivity index is 1.85. The van der Waals surface area contributed by atoms with E-state index in [1.54, 1.807) is 11.3 Å². The number of benzene rings is 2. The van der Waals surface area contributed by atoms with E-state index in [1.165, 1.54) is 32.3 Å². The van der Waals surface area contributed by atoms with Gasteiger partial charge in [0.1, 0.15) is 0 Å². The number of fused-ring (bicyclic) bond motifs is 1. The molecule has 1 N–H and O–H groups in total. The Morgan fingerprint density at radius 3 is 2.81 bits per heavy atom. The highest BCUT2D eigenvalue weighted by molar-refractivity contribution is 7.17. The zero-order chi connectivity index (χ0) is 19.0. The first-order valence-corrected chi connectivity index (χ1v) is 10.4. The van der Waals surface area contributed by atoms with Crippen LogP contribution in [0.1, 0.15) is 41.1 Å². The summed E-state index contributed by atoms with van der Waals surface area (Å²) in [6, 6.07) is 15.2. The highest BCUT2D eigenvalue weighted by atomic mass is 32.1. The van der Waals surface area contributed by atoms with Gasteiger partial charge < -0.3 is 5.11 Å². The quantitative estimate of drug-likeness (QED) is 0.659. The van der Waals surface area contributed by atoms with Crippen molar-refractivity contribution in [2.75, 3.05) is 13.1 Å². The molecule has 2 heterocycles. The SMILES string of the molecule is Cc1ccc(C)c(C(c2csc3ccccc23)N2CCCC(C(=O)O)C2)c1. The van der Waals surface area contributed by atoms with Crippen LogP contribution in [0.2, 0.25) is 0 Å². The molecule has 2 atom stereocenters. The van der Waals surface area contributed by atoms with Gasteiger partial charge in [-0.15, -0.1) is 11.3 Å². The number of carboxylic acid groups (broad SMARTS) is 1. The topological polar surface area (TPSA) is 40.5 Å². The van der Waals surface area contributed by atoms with Crippen molar-refractivity contribution in [1.29, 1.82) is 0 Å².